The fourth-order valence-corrected chi connectivity index (χ4v) is 4.44. The van der Waals surface area contributed by atoms with Gasteiger partial charge in [-0.05, 0) is 55.9 Å². The van der Waals surface area contributed by atoms with Crippen molar-refractivity contribution in [3.8, 4) is 22.4 Å². The van der Waals surface area contributed by atoms with E-state index in [0.29, 0.717) is 11.6 Å². The minimum absolute atomic E-state index is 0.613. The normalized spacial score (nSPS) is 11.2. The van der Waals surface area contributed by atoms with E-state index in [1.54, 1.807) is 0 Å². The van der Waals surface area contributed by atoms with Crippen LogP contribution in [0.25, 0.3) is 28.1 Å². The lowest BCUT2D eigenvalue weighted by Crippen LogP contribution is -2.26. The summed E-state index contributed by atoms with van der Waals surface area (Å²) in [4.78, 5) is 2.52. The monoisotopic (exact) mass is 429 g/mol. The second-order valence-electron chi connectivity index (χ2n) is 9.35. The van der Waals surface area contributed by atoms with Crippen molar-refractivity contribution in [1.29, 1.82) is 0 Å². The van der Waals surface area contributed by atoms with Crippen LogP contribution in [0.15, 0.2) is 55.1 Å². The Labute approximate surface area is 194 Å². The van der Waals surface area contributed by atoms with Crippen molar-refractivity contribution >= 4 is 11.4 Å². The number of aryl methyl sites for hydroxylation is 1. The molecule has 32 heavy (non-hydrogen) atoms. The fraction of sp³-hybridized carbons (Fsp3) is 0.379. The van der Waals surface area contributed by atoms with Crippen LogP contribution >= 0.6 is 0 Å². The van der Waals surface area contributed by atoms with Crippen LogP contribution in [-0.2, 0) is 7.05 Å². The Morgan fingerprint density at radius 2 is 1.72 bits per heavy atom. The van der Waals surface area contributed by atoms with Gasteiger partial charge in [0.25, 0.3) is 0 Å². The van der Waals surface area contributed by atoms with Crippen LogP contribution in [0.5, 0.6) is 0 Å². The predicted molar refractivity (Wildman–Crippen MR) is 141 cm³/mol. The van der Waals surface area contributed by atoms with Crippen molar-refractivity contribution in [2.75, 3.05) is 18.0 Å². The van der Waals surface area contributed by atoms with Gasteiger partial charge in [-0.2, -0.15) is 0 Å². The van der Waals surface area contributed by atoms with Gasteiger partial charge in [0.1, 0.15) is 0 Å². The second-order valence-corrected chi connectivity index (χ2v) is 9.35. The maximum absolute atomic E-state index is 6.35. The Hall–Kier alpha value is -2.94. The molecule has 0 aliphatic carbocycles. The van der Waals surface area contributed by atoms with Gasteiger partial charge in [-0.25, -0.2) is 0 Å². The Bertz CT molecular complexity index is 1070. The molecule has 0 aliphatic heterocycles. The van der Waals surface area contributed by atoms with Crippen molar-refractivity contribution in [1.82, 2.24) is 4.57 Å². The zero-order chi connectivity index (χ0) is 23.4. The second kappa shape index (κ2) is 10.1. The number of nitrogens with zero attached hydrogens (tertiary/aromatic N) is 2. The quantitative estimate of drug-likeness (QED) is 0.391. The van der Waals surface area contributed by atoms with Crippen LogP contribution in [-0.4, -0.2) is 17.7 Å². The largest absolute Gasteiger partial charge is 0.399 e. The molecular formula is C29H39N3. The highest BCUT2D eigenvalue weighted by atomic mass is 15.1. The van der Waals surface area contributed by atoms with Crippen LogP contribution < -0.4 is 10.6 Å². The molecular weight excluding hydrogens is 390 g/mol. The van der Waals surface area contributed by atoms with Gasteiger partial charge in [0, 0.05) is 48.3 Å². The molecule has 0 atom stereocenters. The average molecular weight is 430 g/mol. The first-order valence-electron chi connectivity index (χ1n) is 11.8. The van der Waals surface area contributed by atoms with Gasteiger partial charge in [0.2, 0.25) is 0 Å². The van der Waals surface area contributed by atoms with E-state index in [4.69, 9.17) is 5.73 Å². The molecule has 3 aromatic rings. The molecule has 0 saturated carbocycles. The van der Waals surface area contributed by atoms with Gasteiger partial charge in [-0.3, -0.25) is 0 Å². The van der Waals surface area contributed by atoms with Crippen molar-refractivity contribution in [2.45, 2.75) is 47.5 Å². The van der Waals surface area contributed by atoms with Crippen molar-refractivity contribution in [3.05, 3.63) is 71.9 Å². The number of rotatable bonds is 9. The molecule has 0 amide bonds. The summed E-state index contributed by atoms with van der Waals surface area (Å²) in [5.74, 6) is 0.689. The molecule has 0 aliphatic rings. The summed E-state index contributed by atoms with van der Waals surface area (Å²) in [6.07, 6.45) is 2.32. The number of aromatic nitrogens is 1. The molecule has 0 fully saturated rings. The molecule has 2 aromatic carbocycles. The Balaban J connectivity index is 2.18. The first-order valence-corrected chi connectivity index (χ1v) is 11.8. The van der Waals surface area contributed by atoms with Crippen molar-refractivity contribution < 1.29 is 0 Å². The van der Waals surface area contributed by atoms with E-state index in [-0.39, 0.29) is 0 Å². The smallest absolute Gasteiger partial charge is 0.0566 e. The lowest BCUT2D eigenvalue weighted by molar-refractivity contribution is 0.570. The third kappa shape index (κ3) is 4.93. The van der Waals surface area contributed by atoms with Gasteiger partial charge >= 0.3 is 0 Å². The summed E-state index contributed by atoms with van der Waals surface area (Å²) in [6, 6.07) is 17.7. The topological polar surface area (TPSA) is 34.2 Å². The number of hydrogen-bond acceptors (Lipinski definition) is 2. The maximum atomic E-state index is 6.35. The van der Waals surface area contributed by atoms with E-state index in [1.807, 2.05) is 0 Å². The van der Waals surface area contributed by atoms with Gasteiger partial charge in [0.05, 0.1) is 5.69 Å². The zero-order valence-corrected chi connectivity index (χ0v) is 20.7. The lowest BCUT2D eigenvalue weighted by Gasteiger charge is -2.26. The number of hydrogen-bond donors (Lipinski definition) is 1. The highest BCUT2D eigenvalue weighted by Crippen LogP contribution is 2.41. The summed E-state index contributed by atoms with van der Waals surface area (Å²) in [5.41, 5.74) is 16.4. The summed E-state index contributed by atoms with van der Waals surface area (Å²) in [7, 11) is 2.12. The first-order chi connectivity index (χ1) is 15.2. The van der Waals surface area contributed by atoms with Crippen LogP contribution in [0.4, 0.5) is 5.69 Å². The molecule has 3 nitrogen and oxygen atoms in total. The van der Waals surface area contributed by atoms with Gasteiger partial charge in [-0.1, -0.05) is 69.3 Å². The lowest BCUT2D eigenvalue weighted by atomic mass is 9.95. The third-order valence-electron chi connectivity index (χ3n) is 6.30. The molecule has 170 valence electrons. The predicted octanol–water partition coefficient (Wildman–Crippen LogP) is 7.17. The standard InChI is InChI=1S/C29H39N3/c1-8-17-32(18-16-20(2)3)26-11-9-10-25(19-26)28-27(22(5)30)23(6)31(7)29(28)24-14-12-21(4)13-15-24/h9-15,19-20H,5,8,16-18,30H2,1-4,6-7H3. The van der Waals surface area contributed by atoms with Crippen molar-refractivity contribution in [2.24, 2.45) is 18.7 Å². The van der Waals surface area contributed by atoms with E-state index in [2.05, 4.69) is 106 Å². The summed E-state index contributed by atoms with van der Waals surface area (Å²) in [5, 5.41) is 0. The molecule has 0 spiro atoms. The first kappa shape index (κ1) is 23.7. The number of benzene rings is 2. The maximum Gasteiger partial charge on any atom is 0.0566 e. The van der Waals surface area contributed by atoms with Crippen LogP contribution in [0.1, 0.15) is 50.4 Å². The number of nitrogens with two attached hydrogens (primary N) is 1. The zero-order valence-electron chi connectivity index (χ0n) is 20.7. The van der Waals surface area contributed by atoms with Crippen LogP contribution in [0.3, 0.4) is 0 Å². The van der Waals surface area contributed by atoms with E-state index in [1.165, 1.54) is 40.1 Å². The fourth-order valence-electron chi connectivity index (χ4n) is 4.44. The third-order valence-corrected chi connectivity index (χ3v) is 6.30. The van der Waals surface area contributed by atoms with Crippen LogP contribution in [0, 0.1) is 19.8 Å². The highest BCUT2D eigenvalue weighted by molar-refractivity contribution is 5.93. The Morgan fingerprint density at radius 3 is 2.31 bits per heavy atom. The molecule has 3 rings (SSSR count). The van der Waals surface area contributed by atoms with E-state index >= 15 is 0 Å². The molecule has 0 unspecified atom stereocenters. The molecule has 0 bridgehead atoms. The molecule has 0 radical (unpaired) electrons. The molecule has 1 aromatic heterocycles. The average Bonchev–Trinajstić information content (AvgIpc) is 3.03. The summed E-state index contributed by atoms with van der Waals surface area (Å²) in [6.45, 7) is 17.3. The SMILES string of the molecule is C=C(N)c1c(-c2cccc(N(CCC)CCC(C)C)c2)c(-c2ccc(C)cc2)n(C)c1C. The van der Waals surface area contributed by atoms with Crippen LogP contribution in [0.2, 0.25) is 0 Å². The Morgan fingerprint density at radius 1 is 1.03 bits per heavy atom. The number of anilines is 1. The van der Waals surface area contributed by atoms with Gasteiger partial charge in [0.15, 0.2) is 0 Å². The summed E-state index contributed by atoms with van der Waals surface area (Å²) >= 11 is 0. The summed E-state index contributed by atoms with van der Waals surface area (Å²) < 4.78 is 2.25. The van der Waals surface area contributed by atoms with Crippen molar-refractivity contribution in [3.63, 3.8) is 0 Å². The van der Waals surface area contributed by atoms with E-state index < -0.39 is 0 Å². The highest BCUT2D eigenvalue weighted by Gasteiger charge is 2.22. The van der Waals surface area contributed by atoms with Gasteiger partial charge in [-0.15, -0.1) is 0 Å². The minimum atomic E-state index is 0.613. The Kier molecular flexibility index (Phi) is 7.50. The van der Waals surface area contributed by atoms with E-state index in [9.17, 15) is 0 Å². The minimum Gasteiger partial charge on any atom is -0.399 e. The molecule has 0 saturated heterocycles. The van der Waals surface area contributed by atoms with Gasteiger partial charge < -0.3 is 15.2 Å². The molecule has 2 N–H and O–H groups in total. The molecule has 3 heteroatoms. The van der Waals surface area contributed by atoms with E-state index in [0.717, 1.165) is 30.8 Å². The molecule has 1 heterocycles.